The number of hydrogen-bond acceptors (Lipinski definition) is 2. The Labute approximate surface area is 123 Å². The van der Waals surface area contributed by atoms with Crippen molar-refractivity contribution in [2.75, 3.05) is 0 Å². The Hall–Kier alpha value is -2.42. The van der Waals surface area contributed by atoms with Gasteiger partial charge in [0, 0.05) is 18.4 Å². The second-order valence-corrected chi connectivity index (χ2v) is 5.43. The van der Waals surface area contributed by atoms with Crippen LogP contribution in [0.15, 0.2) is 59.6 Å². The predicted octanol–water partition coefficient (Wildman–Crippen LogP) is 3.08. The molecule has 3 aromatic rings. The molecule has 0 radical (unpaired) electrons. The lowest BCUT2D eigenvalue weighted by Crippen LogP contribution is -2.23. The summed E-state index contributed by atoms with van der Waals surface area (Å²) < 4.78 is 2.28. The zero-order chi connectivity index (χ0) is 14.1. The van der Waals surface area contributed by atoms with E-state index in [-0.39, 0.29) is 0 Å². The summed E-state index contributed by atoms with van der Waals surface area (Å²) in [5, 5.41) is 1.15. The Morgan fingerprint density at radius 2 is 1.81 bits per heavy atom. The first-order valence-corrected chi connectivity index (χ1v) is 7.45. The highest BCUT2D eigenvalue weighted by Crippen LogP contribution is 2.14. The van der Waals surface area contributed by atoms with Crippen LogP contribution in [0.3, 0.4) is 0 Å². The number of fused-ring (bicyclic) bond motifs is 2. The summed E-state index contributed by atoms with van der Waals surface area (Å²) in [6.45, 7) is 1.75. The monoisotopic (exact) mass is 275 g/mol. The fourth-order valence-corrected chi connectivity index (χ4v) is 2.97. The van der Waals surface area contributed by atoms with E-state index in [9.17, 15) is 0 Å². The first-order valence-electron chi connectivity index (χ1n) is 7.45. The molecule has 0 unspecified atom stereocenters. The van der Waals surface area contributed by atoms with Gasteiger partial charge in [-0.3, -0.25) is 4.99 Å². The topological polar surface area (TPSA) is 30.2 Å². The van der Waals surface area contributed by atoms with Crippen LogP contribution in [-0.4, -0.2) is 9.55 Å². The number of para-hydroxylation sites is 1. The highest BCUT2D eigenvalue weighted by atomic mass is 15.1. The van der Waals surface area contributed by atoms with Gasteiger partial charge in [-0.2, -0.15) is 0 Å². The average molecular weight is 275 g/mol. The molecule has 0 bridgehead atoms. The van der Waals surface area contributed by atoms with E-state index in [0.29, 0.717) is 6.54 Å². The molecule has 0 fully saturated rings. The first-order chi connectivity index (χ1) is 10.4. The molecule has 0 spiro atoms. The van der Waals surface area contributed by atoms with E-state index < -0.39 is 0 Å². The highest BCUT2D eigenvalue weighted by molar-refractivity contribution is 5.77. The van der Waals surface area contributed by atoms with Crippen LogP contribution >= 0.6 is 0 Å². The van der Waals surface area contributed by atoms with Crippen LogP contribution in [0.4, 0.5) is 0 Å². The Kier molecular flexibility index (Phi) is 3.03. The SMILES string of the molecule is c1ccc(CN=c2c3ccccc3nc3n2CCC3)cc1. The molecule has 0 saturated heterocycles. The zero-order valence-electron chi connectivity index (χ0n) is 11.9. The van der Waals surface area contributed by atoms with E-state index in [0.717, 1.165) is 35.8 Å². The molecule has 0 aliphatic carbocycles. The van der Waals surface area contributed by atoms with Crippen LogP contribution in [-0.2, 0) is 19.5 Å². The van der Waals surface area contributed by atoms with E-state index in [1.165, 1.54) is 11.4 Å². The van der Waals surface area contributed by atoms with Gasteiger partial charge in [0.15, 0.2) is 0 Å². The lowest BCUT2D eigenvalue weighted by Gasteiger charge is -2.08. The van der Waals surface area contributed by atoms with Gasteiger partial charge >= 0.3 is 0 Å². The van der Waals surface area contributed by atoms with Gasteiger partial charge in [-0.25, -0.2) is 4.98 Å². The third-order valence-corrected chi connectivity index (χ3v) is 4.00. The predicted molar refractivity (Wildman–Crippen MR) is 83.8 cm³/mol. The molecule has 3 heteroatoms. The Morgan fingerprint density at radius 1 is 1.00 bits per heavy atom. The maximum Gasteiger partial charge on any atom is 0.138 e. The number of rotatable bonds is 2. The quantitative estimate of drug-likeness (QED) is 0.707. The molecule has 21 heavy (non-hydrogen) atoms. The smallest absolute Gasteiger partial charge is 0.138 e. The molecule has 3 nitrogen and oxygen atoms in total. The maximum absolute atomic E-state index is 4.90. The molecule has 0 saturated carbocycles. The molecular formula is C18H17N3. The summed E-state index contributed by atoms with van der Waals surface area (Å²) >= 11 is 0. The average Bonchev–Trinajstić information content (AvgIpc) is 3.00. The second kappa shape index (κ2) is 5.17. The molecule has 1 aliphatic heterocycles. The van der Waals surface area contributed by atoms with Crippen molar-refractivity contribution in [3.63, 3.8) is 0 Å². The molecule has 1 aliphatic rings. The number of aryl methyl sites for hydroxylation is 1. The molecule has 2 aromatic carbocycles. The van der Waals surface area contributed by atoms with Crippen LogP contribution in [0.25, 0.3) is 10.9 Å². The van der Waals surface area contributed by atoms with Crippen molar-refractivity contribution >= 4 is 10.9 Å². The number of nitrogens with zero attached hydrogens (tertiary/aromatic N) is 3. The minimum atomic E-state index is 0.717. The summed E-state index contributed by atoms with van der Waals surface area (Å²) in [6.07, 6.45) is 2.22. The van der Waals surface area contributed by atoms with Gasteiger partial charge in [0.25, 0.3) is 0 Å². The molecule has 0 atom stereocenters. The van der Waals surface area contributed by atoms with Crippen LogP contribution in [0.1, 0.15) is 17.8 Å². The molecule has 0 N–H and O–H groups in total. The van der Waals surface area contributed by atoms with Crippen LogP contribution in [0, 0.1) is 0 Å². The molecule has 104 valence electrons. The van der Waals surface area contributed by atoms with Gasteiger partial charge in [-0.15, -0.1) is 0 Å². The second-order valence-electron chi connectivity index (χ2n) is 5.43. The Bertz CT molecular complexity index is 847. The Balaban J connectivity index is 1.90. The summed E-state index contributed by atoms with van der Waals surface area (Å²) in [7, 11) is 0. The molecular weight excluding hydrogens is 258 g/mol. The van der Waals surface area contributed by atoms with Gasteiger partial charge in [0.2, 0.25) is 0 Å². The molecule has 2 heterocycles. The lowest BCUT2D eigenvalue weighted by atomic mass is 10.2. The minimum absolute atomic E-state index is 0.717. The summed E-state index contributed by atoms with van der Waals surface area (Å²) in [5.74, 6) is 1.17. The summed E-state index contributed by atoms with van der Waals surface area (Å²) in [5.41, 5.74) is 3.38. The van der Waals surface area contributed by atoms with Crippen molar-refractivity contribution in [2.24, 2.45) is 4.99 Å². The third kappa shape index (κ3) is 2.25. The van der Waals surface area contributed by atoms with Gasteiger partial charge < -0.3 is 4.57 Å². The van der Waals surface area contributed by atoms with E-state index in [1.54, 1.807) is 0 Å². The normalized spacial score (nSPS) is 14.6. The summed E-state index contributed by atoms with van der Waals surface area (Å²) in [4.78, 5) is 9.67. The fraction of sp³-hybridized carbons (Fsp3) is 0.222. The van der Waals surface area contributed by atoms with Crippen LogP contribution < -0.4 is 5.49 Å². The van der Waals surface area contributed by atoms with Crippen molar-refractivity contribution < 1.29 is 0 Å². The Morgan fingerprint density at radius 3 is 2.71 bits per heavy atom. The number of hydrogen-bond donors (Lipinski definition) is 0. The van der Waals surface area contributed by atoms with Crippen molar-refractivity contribution in [2.45, 2.75) is 25.9 Å². The van der Waals surface area contributed by atoms with Crippen LogP contribution in [0.5, 0.6) is 0 Å². The number of aromatic nitrogens is 2. The fourth-order valence-electron chi connectivity index (χ4n) is 2.97. The van der Waals surface area contributed by atoms with Gasteiger partial charge in [0.05, 0.1) is 12.1 Å². The number of benzene rings is 2. The van der Waals surface area contributed by atoms with Gasteiger partial charge in [-0.1, -0.05) is 42.5 Å². The van der Waals surface area contributed by atoms with Crippen molar-refractivity contribution in [3.8, 4) is 0 Å². The molecule has 0 amide bonds. The molecule has 1 aromatic heterocycles. The highest BCUT2D eigenvalue weighted by Gasteiger charge is 2.14. The van der Waals surface area contributed by atoms with Gasteiger partial charge in [0.1, 0.15) is 11.3 Å². The largest absolute Gasteiger partial charge is 0.314 e. The zero-order valence-corrected chi connectivity index (χ0v) is 11.9. The van der Waals surface area contributed by atoms with E-state index >= 15 is 0 Å². The standard InChI is InChI=1S/C18H17N3/c1-2-7-14(8-3-1)13-19-18-15-9-4-5-10-16(15)20-17-11-6-12-21(17)18/h1-5,7-10H,6,11-13H2. The van der Waals surface area contributed by atoms with Crippen molar-refractivity contribution in [3.05, 3.63) is 71.5 Å². The maximum atomic E-state index is 4.90. The lowest BCUT2D eigenvalue weighted by molar-refractivity contribution is 0.696. The summed E-state index contributed by atoms with van der Waals surface area (Å²) in [6, 6.07) is 18.7. The van der Waals surface area contributed by atoms with Gasteiger partial charge in [-0.05, 0) is 24.1 Å². The van der Waals surface area contributed by atoms with E-state index in [1.807, 2.05) is 12.1 Å². The first kappa shape index (κ1) is 12.3. The third-order valence-electron chi connectivity index (χ3n) is 4.00. The van der Waals surface area contributed by atoms with Crippen molar-refractivity contribution in [1.82, 2.24) is 9.55 Å². The van der Waals surface area contributed by atoms with Crippen LogP contribution in [0.2, 0.25) is 0 Å². The minimum Gasteiger partial charge on any atom is -0.314 e. The van der Waals surface area contributed by atoms with E-state index in [4.69, 9.17) is 9.98 Å². The van der Waals surface area contributed by atoms with Crippen molar-refractivity contribution in [1.29, 1.82) is 0 Å². The molecule has 4 rings (SSSR count). The van der Waals surface area contributed by atoms with E-state index in [2.05, 4.69) is 47.0 Å².